The molecular formula is C18H22N2O2. The largest absolute Gasteiger partial charge is 0.494 e. The quantitative estimate of drug-likeness (QED) is 0.736. The summed E-state index contributed by atoms with van der Waals surface area (Å²) in [6.45, 7) is 1.17. The van der Waals surface area contributed by atoms with E-state index in [1.807, 2.05) is 60.7 Å². The van der Waals surface area contributed by atoms with E-state index in [1.165, 1.54) is 0 Å². The van der Waals surface area contributed by atoms with E-state index in [0.717, 1.165) is 17.7 Å². The van der Waals surface area contributed by atoms with Gasteiger partial charge in [-0.05, 0) is 24.1 Å². The van der Waals surface area contributed by atoms with Gasteiger partial charge in [0.1, 0.15) is 5.75 Å². The molecule has 3 N–H and O–H groups in total. The molecule has 1 atom stereocenters. The number of hydrogen-bond acceptors (Lipinski definition) is 3. The second kappa shape index (κ2) is 8.85. The highest BCUT2D eigenvalue weighted by Crippen LogP contribution is 2.12. The molecule has 22 heavy (non-hydrogen) atoms. The fourth-order valence-corrected chi connectivity index (χ4v) is 2.10. The van der Waals surface area contributed by atoms with Gasteiger partial charge in [-0.1, -0.05) is 48.5 Å². The lowest BCUT2D eigenvalue weighted by molar-refractivity contribution is -0.121. The van der Waals surface area contributed by atoms with Crippen LogP contribution in [0.15, 0.2) is 60.7 Å². The van der Waals surface area contributed by atoms with Crippen molar-refractivity contribution in [1.82, 2.24) is 5.32 Å². The zero-order valence-electron chi connectivity index (χ0n) is 12.6. The predicted octanol–water partition coefficient (Wildman–Crippen LogP) is 2.66. The molecular weight excluding hydrogens is 276 g/mol. The highest BCUT2D eigenvalue weighted by atomic mass is 16.5. The molecule has 0 bridgehead atoms. The van der Waals surface area contributed by atoms with Gasteiger partial charge in [0.25, 0.3) is 0 Å². The molecule has 0 aliphatic rings. The summed E-state index contributed by atoms with van der Waals surface area (Å²) >= 11 is 0. The molecule has 0 radical (unpaired) electrons. The van der Waals surface area contributed by atoms with Gasteiger partial charge in [-0.15, -0.1) is 0 Å². The van der Waals surface area contributed by atoms with E-state index >= 15 is 0 Å². The summed E-state index contributed by atoms with van der Waals surface area (Å²) in [4.78, 5) is 11.8. The molecule has 0 heterocycles. The average Bonchev–Trinajstić information content (AvgIpc) is 2.56. The van der Waals surface area contributed by atoms with Crippen LogP contribution in [0.1, 0.15) is 24.4 Å². The number of para-hydroxylation sites is 1. The van der Waals surface area contributed by atoms with Crippen molar-refractivity contribution in [2.75, 3.05) is 13.2 Å². The smallest absolute Gasteiger partial charge is 0.221 e. The molecule has 0 saturated carbocycles. The molecule has 0 saturated heterocycles. The van der Waals surface area contributed by atoms with Crippen LogP contribution in [-0.2, 0) is 4.79 Å². The van der Waals surface area contributed by atoms with E-state index in [9.17, 15) is 4.79 Å². The standard InChI is InChI=1S/C18H22N2O2/c19-17(15-8-3-1-4-9-15)14-18(21)20-12-7-13-22-16-10-5-2-6-11-16/h1-6,8-11,17H,7,12-14,19H2,(H,20,21). The highest BCUT2D eigenvalue weighted by Gasteiger charge is 2.10. The Balaban J connectivity index is 1.60. The van der Waals surface area contributed by atoms with E-state index in [-0.39, 0.29) is 11.9 Å². The van der Waals surface area contributed by atoms with Crippen LogP contribution in [0.2, 0.25) is 0 Å². The summed E-state index contributed by atoms with van der Waals surface area (Å²) in [5, 5.41) is 2.87. The molecule has 0 spiro atoms. The number of amides is 1. The molecule has 2 aromatic carbocycles. The van der Waals surface area contributed by atoms with Crippen molar-refractivity contribution in [3.8, 4) is 5.75 Å². The van der Waals surface area contributed by atoms with Crippen LogP contribution in [0.4, 0.5) is 0 Å². The van der Waals surface area contributed by atoms with Crippen LogP contribution < -0.4 is 15.8 Å². The minimum Gasteiger partial charge on any atom is -0.494 e. The van der Waals surface area contributed by atoms with Gasteiger partial charge in [-0.3, -0.25) is 4.79 Å². The van der Waals surface area contributed by atoms with Gasteiger partial charge < -0.3 is 15.8 Å². The number of ether oxygens (including phenoxy) is 1. The summed E-state index contributed by atoms with van der Waals surface area (Å²) < 4.78 is 5.56. The van der Waals surface area contributed by atoms with Gasteiger partial charge in [0, 0.05) is 19.0 Å². The molecule has 2 aromatic rings. The third-order valence-corrected chi connectivity index (χ3v) is 3.29. The van der Waals surface area contributed by atoms with Crippen molar-refractivity contribution < 1.29 is 9.53 Å². The van der Waals surface area contributed by atoms with Crippen LogP contribution in [0.5, 0.6) is 5.75 Å². The second-order valence-corrected chi connectivity index (χ2v) is 5.09. The van der Waals surface area contributed by atoms with Crippen LogP contribution in [-0.4, -0.2) is 19.1 Å². The van der Waals surface area contributed by atoms with Gasteiger partial charge in [-0.2, -0.15) is 0 Å². The van der Waals surface area contributed by atoms with E-state index in [1.54, 1.807) is 0 Å². The molecule has 0 aliphatic heterocycles. The van der Waals surface area contributed by atoms with Crippen LogP contribution in [0, 0.1) is 0 Å². The first kappa shape index (κ1) is 16.0. The minimum absolute atomic E-state index is 0.0314. The van der Waals surface area contributed by atoms with Crippen molar-refractivity contribution >= 4 is 5.91 Å². The lowest BCUT2D eigenvalue weighted by Gasteiger charge is -2.12. The molecule has 0 aliphatic carbocycles. The first-order valence-electron chi connectivity index (χ1n) is 7.51. The van der Waals surface area contributed by atoms with Crippen molar-refractivity contribution in [2.24, 2.45) is 5.73 Å². The number of nitrogens with two attached hydrogens (primary N) is 1. The van der Waals surface area contributed by atoms with E-state index < -0.39 is 0 Å². The maximum Gasteiger partial charge on any atom is 0.221 e. The Morgan fingerprint density at radius 1 is 1.05 bits per heavy atom. The second-order valence-electron chi connectivity index (χ2n) is 5.09. The fourth-order valence-electron chi connectivity index (χ4n) is 2.10. The number of carbonyl (C=O) groups is 1. The highest BCUT2D eigenvalue weighted by molar-refractivity contribution is 5.76. The number of benzene rings is 2. The maximum absolute atomic E-state index is 11.8. The lowest BCUT2D eigenvalue weighted by Crippen LogP contribution is -2.29. The molecule has 4 heteroatoms. The molecule has 4 nitrogen and oxygen atoms in total. The van der Waals surface area contributed by atoms with Crippen molar-refractivity contribution in [2.45, 2.75) is 18.9 Å². The van der Waals surface area contributed by atoms with Crippen LogP contribution >= 0.6 is 0 Å². The molecule has 0 aromatic heterocycles. The maximum atomic E-state index is 11.8. The van der Waals surface area contributed by atoms with Gasteiger partial charge in [0.2, 0.25) is 5.91 Å². The van der Waals surface area contributed by atoms with E-state index in [4.69, 9.17) is 10.5 Å². The Kier molecular flexibility index (Phi) is 6.45. The Bertz CT molecular complexity index is 558. The average molecular weight is 298 g/mol. The van der Waals surface area contributed by atoms with Crippen molar-refractivity contribution in [1.29, 1.82) is 0 Å². The monoisotopic (exact) mass is 298 g/mol. The summed E-state index contributed by atoms with van der Waals surface area (Å²) in [7, 11) is 0. The van der Waals surface area contributed by atoms with Gasteiger partial charge in [0.05, 0.1) is 6.61 Å². The zero-order valence-corrected chi connectivity index (χ0v) is 12.6. The Hall–Kier alpha value is -2.33. The predicted molar refractivity (Wildman–Crippen MR) is 87.6 cm³/mol. The normalized spacial score (nSPS) is 11.7. The summed E-state index contributed by atoms with van der Waals surface area (Å²) in [5.41, 5.74) is 6.99. The Morgan fingerprint density at radius 3 is 2.36 bits per heavy atom. The lowest BCUT2D eigenvalue weighted by atomic mass is 10.0. The number of nitrogens with one attached hydrogen (secondary N) is 1. The Morgan fingerprint density at radius 2 is 1.68 bits per heavy atom. The molecule has 116 valence electrons. The summed E-state index contributed by atoms with van der Waals surface area (Å²) in [6, 6.07) is 19.0. The third-order valence-electron chi connectivity index (χ3n) is 3.29. The van der Waals surface area contributed by atoms with Crippen molar-refractivity contribution in [3.05, 3.63) is 66.2 Å². The van der Waals surface area contributed by atoms with Crippen LogP contribution in [0.25, 0.3) is 0 Å². The van der Waals surface area contributed by atoms with Gasteiger partial charge in [0.15, 0.2) is 0 Å². The van der Waals surface area contributed by atoms with E-state index in [0.29, 0.717) is 19.6 Å². The molecule has 2 rings (SSSR count). The topological polar surface area (TPSA) is 64.4 Å². The van der Waals surface area contributed by atoms with Crippen LogP contribution in [0.3, 0.4) is 0 Å². The minimum atomic E-state index is -0.262. The van der Waals surface area contributed by atoms with Gasteiger partial charge in [-0.25, -0.2) is 0 Å². The molecule has 0 fully saturated rings. The molecule has 1 amide bonds. The molecule has 1 unspecified atom stereocenters. The number of hydrogen-bond donors (Lipinski definition) is 2. The Labute approximate surface area is 131 Å². The first-order chi connectivity index (χ1) is 10.8. The third kappa shape index (κ3) is 5.58. The SMILES string of the molecule is NC(CC(=O)NCCCOc1ccccc1)c1ccccc1. The van der Waals surface area contributed by atoms with Gasteiger partial charge >= 0.3 is 0 Å². The number of rotatable bonds is 8. The first-order valence-corrected chi connectivity index (χ1v) is 7.51. The number of carbonyl (C=O) groups excluding carboxylic acids is 1. The van der Waals surface area contributed by atoms with E-state index in [2.05, 4.69) is 5.32 Å². The fraction of sp³-hybridized carbons (Fsp3) is 0.278. The summed E-state index contributed by atoms with van der Waals surface area (Å²) in [5.74, 6) is 0.816. The van der Waals surface area contributed by atoms with Crippen molar-refractivity contribution in [3.63, 3.8) is 0 Å². The zero-order chi connectivity index (χ0) is 15.6. The summed E-state index contributed by atoms with van der Waals surface area (Å²) in [6.07, 6.45) is 1.06.